The topological polar surface area (TPSA) is 71.8 Å². The molecule has 7 heteroatoms. The third kappa shape index (κ3) is 5.58. The number of aromatic nitrogens is 5. The van der Waals surface area contributed by atoms with Gasteiger partial charge in [-0.3, -0.25) is 4.98 Å². The number of rotatable bonds is 10. The van der Waals surface area contributed by atoms with Crippen LogP contribution < -0.4 is 5.32 Å². The summed E-state index contributed by atoms with van der Waals surface area (Å²) < 4.78 is 2.24. The summed E-state index contributed by atoms with van der Waals surface area (Å²) in [5.41, 5.74) is 7.85. The van der Waals surface area contributed by atoms with Gasteiger partial charge in [0.25, 0.3) is 0 Å². The Morgan fingerprint density at radius 1 is 1.00 bits per heavy atom. The van der Waals surface area contributed by atoms with Crippen molar-refractivity contribution >= 4 is 28.0 Å². The van der Waals surface area contributed by atoms with Crippen molar-refractivity contribution in [3.05, 3.63) is 90.0 Å². The van der Waals surface area contributed by atoms with Gasteiger partial charge in [-0.05, 0) is 56.0 Å². The lowest BCUT2D eigenvalue weighted by Gasteiger charge is -2.31. The van der Waals surface area contributed by atoms with Crippen molar-refractivity contribution in [1.82, 2.24) is 29.4 Å². The largest absolute Gasteiger partial charge is 0.367 e. The molecule has 0 radical (unpaired) electrons. The summed E-state index contributed by atoms with van der Waals surface area (Å²) in [6, 6.07) is 8.87. The van der Waals surface area contributed by atoms with Gasteiger partial charge in [0.1, 0.15) is 18.0 Å². The normalized spacial score (nSPS) is 13.1. The molecule has 1 aromatic carbocycles. The van der Waals surface area contributed by atoms with Crippen LogP contribution in [-0.2, 0) is 13.1 Å². The summed E-state index contributed by atoms with van der Waals surface area (Å²) in [6.07, 6.45) is 10.2. The first kappa shape index (κ1) is 26.6. The van der Waals surface area contributed by atoms with E-state index in [0.717, 1.165) is 107 Å². The van der Waals surface area contributed by atoms with Crippen LogP contribution in [0.1, 0.15) is 73.4 Å². The highest BCUT2D eigenvalue weighted by Crippen LogP contribution is 2.31. The fraction of sp³-hybridized carbons (Fsp3) is 0.375. The van der Waals surface area contributed by atoms with Crippen molar-refractivity contribution in [3.63, 3.8) is 0 Å². The van der Waals surface area contributed by atoms with Crippen molar-refractivity contribution in [2.75, 3.05) is 11.9 Å². The van der Waals surface area contributed by atoms with Crippen LogP contribution in [0.4, 0.5) is 5.82 Å². The molecular formula is C32H39N7. The second-order valence-electron chi connectivity index (χ2n) is 10.6. The van der Waals surface area contributed by atoms with Crippen LogP contribution in [-0.4, -0.2) is 42.0 Å². The molecule has 3 aromatic heterocycles. The van der Waals surface area contributed by atoms with E-state index in [9.17, 15) is 0 Å². The van der Waals surface area contributed by atoms with Gasteiger partial charge in [0.15, 0.2) is 0 Å². The molecule has 4 aromatic rings. The third-order valence-corrected chi connectivity index (χ3v) is 7.65. The summed E-state index contributed by atoms with van der Waals surface area (Å²) in [4.78, 5) is 20.9. The molecular weight excluding hydrogens is 482 g/mol. The SMILES string of the molecule is C=C(c1ccc2ncnc(NC(CCC)CCC)c2c1)c1cc(C(=C)N2CCn3cc(C)nc3C2)cnc1C. The highest BCUT2D eigenvalue weighted by Gasteiger charge is 2.21. The molecule has 0 saturated carbocycles. The molecule has 0 fully saturated rings. The van der Waals surface area contributed by atoms with Crippen LogP contribution >= 0.6 is 0 Å². The predicted molar refractivity (Wildman–Crippen MR) is 160 cm³/mol. The smallest absolute Gasteiger partial charge is 0.137 e. The first-order chi connectivity index (χ1) is 18.9. The van der Waals surface area contributed by atoms with Crippen LogP contribution in [0, 0.1) is 13.8 Å². The second-order valence-corrected chi connectivity index (χ2v) is 10.6. The van der Waals surface area contributed by atoms with E-state index in [2.05, 4.69) is 87.2 Å². The Labute approximate surface area is 231 Å². The molecule has 5 rings (SSSR count). The summed E-state index contributed by atoms with van der Waals surface area (Å²) in [5, 5.41) is 4.71. The highest BCUT2D eigenvalue weighted by molar-refractivity contribution is 5.93. The van der Waals surface area contributed by atoms with E-state index in [0.29, 0.717) is 6.04 Å². The van der Waals surface area contributed by atoms with E-state index >= 15 is 0 Å². The number of hydrogen-bond acceptors (Lipinski definition) is 6. The highest BCUT2D eigenvalue weighted by atomic mass is 15.2. The first-order valence-electron chi connectivity index (χ1n) is 14.0. The van der Waals surface area contributed by atoms with Gasteiger partial charge in [-0.1, -0.05) is 45.9 Å². The van der Waals surface area contributed by atoms with Crippen molar-refractivity contribution in [2.45, 2.75) is 72.5 Å². The number of nitrogens with zero attached hydrogens (tertiary/aromatic N) is 6. The van der Waals surface area contributed by atoms with Crippen molar-refractivity contribution in [1.29, 1.82) is 0 Å². The zero-order valence-electron chi connectivity index (χ0n) is 23.7. The molecule has 0 unspecified atom stereocenters. The van der Waals surface area contributed by atoms with Crippen LogP contribution in [0.5, 0.6) is 0 Å². The second kappa shape index (κ2) is 11.4. The molecule has 1 aliphatic heterocycles. The summed E-state index contributed by atoms with van der Waals surface area (Å²) in [7, 11) is 0. The van der Waals surface area contributed by atoms with Crippen molar-refractivity contribution < 1.29 is 0 Å². The molecule has 39 heavy (non-hydrogen) atoms. The van der Waals surface area contributed by atoms with Crippen LogP contribution in [0.25, 0.3) is 22.2 Å². The number of imidazole rings is 1. The van der Waals surface area contributed by atoms with Gasteiger partial charge in [-0.2, -0.15) is 0 Å². The number of aryl methyl sites for hydroxylation is 2. The Hall–Kier alpha value is -4.00. The Bertz CT molecular complexity index is 1510. The lowest BCUT2D eigenvalue weighted by molar-refractivity contribution is 0.314. The molecule has 0 spiro atoms. The molecule has 202 valence electrons. The van der Waals surface area contributed by atoms with Gasteiger partial charge in [0, 0.05) is 59.4 Å². The van der Waals surface area contributed by atoms with E-state index in [-0.39, 0.29) is 0 Å². The molecule has 1 aliphatic rings. The number of fused-ring (bicyclic) bond motifs is 2. The Morgan fingerprint density at radius 3 is 2.56 bits per heavy atom. The average molecular weight is 522 g/mol. The Morgan fingerprint density at radius 2 is 1.79 bits per heavy atom. The Balaban J connectivity index is 1.42. The number of hydrogen-bond donors (Lipinski definition) is 1. The van der Waals surface area contributed by atoms with E-state index in [1.807, 2.05) is 20.0 Å². The standard InChI is InChI=1S/C32H39N7/c1-7-9-27(10-8-2)37-32-29-15-25(11-12-30(29)34-20-35-32)22(4)28-16-26(17-33-23(28)5)24(6)38-13-14-39-18-21(3)36-31(39)19-38/h11-12,15-18,20,27H,4,6-10,13-14,19H2,1-3,5H3,(H,34,35,37). The molecule has 1 N–H and O–H groups in total. The van der Waals surface area contributed by atoms with Crippen molar-refractivity contribution in [3.8, 4) is 0 Å². The average Bonchev–Trinajstić information content (AvgIpc) is 3.32. The molecule has 0 atom stereocenters. The maximum atomic E-state index is 4.74. The summed E-state index contributed by atoms with van der Waals surface area (Å²) in [6.45, 7) is 20.0. The van der Waals surface area contributed by atoms with E-state index in [1.54, 1.807) is 6.33 Å². The fourth-order valence-corrected chi connectivity index (χ4v) is 5.50. The quantitative estimate of drug-likeness (QED) is 0.248. The fourth-order valence-electron chi connectivity index (χ4n) is 5.50. The van der Waals surface area contributed by atoms with Gasteiger partial charge in [0.2, 0.25) is 0 Å². The number of nitrogens with one attached hydrogen (secondary N) is 1. The van der Waals surface area contributed by atoms with Crippen molar-refractivity contribution in [2.24, 2.45) is 0 Å². The van der Waals surface area contributed by atoms with Crippen LogP contribution in [0.15, 0.2) is 56.1 Å². The minimum absolute atomic E-state index is 0.399. The van der Waals surface area contributed by atoms with Gasteiger partial charge in [0.05, 0.1) is 17.8 Å². The Kier molecular flexibility index (Phi) is 7.77. The molecule has 0 saturated heterocycles. The van der Waals surface area contributed by atoms with Crippen LogP contribution in [0.2, 0.25) is 0 Å². The van der Waals surface area contributed by atoms with E-state index < -0.39 is 0 Å². The molecule has 0 amide bonds. The van der Waals surface area contributed by atoms with E-state index in [1.165, 1.54) is 0 Å². The minimum Gasteiger partial charge on any atom is -0.367 e. The molecule has 0 aliphatic carbocycles. The third-order valence-electron chi connectivity index (χ3n) is 7.65. The molecule has 0 bridgehead atoms. The van der Waals surface area contributed by atoms with Gasteiger partial charge in [-0.25, -0.2) is 15.0 Å². The number of benzene rings is 1. The summed E-state index contributed by atoms with van der Waals surface area (Å²) in [5.74, 6) is 1.96. The lowest BCUT2D eigenvalue weighted by Crippen LogP contribution is -2.32. The van der Waals surface area contributed by atoms with Gasteiger partial charge in [-0.15, -0.1) is 0 Å². The number of anilines is 1. The zero-order chi connectivity index (χ0) is 27.5. The number of pyridine rings is 1. The zero-order valence-corrected chi connectivity index (χ0v) is 23.7. The maximum Gasteiger partial charge on any atom is 0.137 e. The van der Waals surface area contributed by atoms with E-state index in [4.69, 9.17) is 4.98 Å². The maximum absolute atomic E-state index is 4.74. The van der Waals surface area contributed by atoms with Gasteiger partial charge < -0.3 is 14.8 Å². The summed E-state index contributed by atoms with van der Waals surface area (Å²) >= 11 is 0. The minimum atomic E-state index is 0.399. The monoisotopic (exact) mass is 521 g/mol. The lowest BCUT2D eigenvalue weighted by atomic mass is 9.95. The molecule has 7 nitrogen and oxygen atoms in total. The first-order valence-corrected chi connectivity index (χ1v) is 14.0. The predicted octanol–water partition coefficient (Wildman–Crippen LogP) is 6.77. The van der Waals surface area contributed by atoms with Crippen LogP contribution in [0.3, 0.4) is 0 Å². The molecule has 4 heterocycles. The van der Waals surface area contributed by atoms with Gasteiger partial charge >= 0.3 is 0 Å².